The van der Waals surface area contributed by atoms with Crippen molar-refractivity contribution in [1.82, 2.24) is 14.9 Å². The van der Waals surface area contributed by atoms with Crippen molar-refractivity contribution in [2.75, 3.05) is 7.05 Å². The number of likely N-dealkylation sites (N-methyl/N-ethyl adjacent to an activating group) is 1. The Labute approximate surface area is 180 Å². The molecule has 2 aromatic heterocycles. The smallest absolute Gasteiger partial charge is 0.280 e. The van der Waals surface area contributed by atoms with Crippen molar-refractivity contribution in [2.45, 2.75) is 12.0 Å². The number of hydrogen-bond donors (Lipinski definition) is 1. The largest absolute Gasteiger partial charge is 0.369 e. The Morgan fingerprint density at radius 1 is 1.10 bits per heavy atom. The first-order chi connectivity index (χ1) is 14.7. The first kappa shape index (κ1) is 20.8. The molecule has 31 heavy (non-hydrogen) atoms. The molecule has 0 saturated heterocycles. The number of carbonyl (C=O) groups excluding carboxylic acids is 1. The Kier molecular flexibility index (Phi) is 5.14. The molecule has 0 aliphatic carbocycles. The van der Waals surface area contributed by atoms with Gasteiger partial charge in [0.15, 0.2) is 11.5 Å². The Morgan fingerprint density at radius 2 is 1.87 bits per heavy atom. The normalized spacial score (nSPS) is 18.6. The minimum absolute atomic E-state index is 0.102. The molecule has 0 radical (unpaired) electrons. The van der Waals surface area contributed by atoms with E-state index in [1.54, 1.807) is 6.07 Å². The predicted molar refractivity (Wildman–Crippen MR) is 109 cm³/mol. The second kappa shape index (κ2) is 7.66. The zero-order valence-corrected chi connectivity index (χ0v) is 16.8. The lowest BCUT2D eigenvalue weighted by atomic mass is 9.82. The van der Waals surface area contributed by atoms with Gasteiger partial charge >= 0.3 is 0 Å². The molecule has 1 aliphatic heterocycles. The average molecular weight is 446 g/mol. The number of nitrogens with two attached hydrogens (primary N) is 1. The Morgan fingerprint density at radius 3 is 2.52 bits per heavy atom. The second-order valence-corrected chi connectivity index (χ2v) is 7.32. The molecule has 1 aromatic carbocycles. The second-order valence-electron chi connectivity index (χ2n) is 6.89. The fourth-order valence-electron chi connectivity index (χ4n) is 3.53. The van der Waals surface area contributed by atoms with Crippen molar-refractivity contribution in [3.8, 4) is 11.1 Å². The van der Waals surface area contributed by atoms with Gasteiger partial charge in [0.2, 0.25) is 5.95 Å². The van der Waals surface area contributed by atoms with Crippen molar-refractivity contribution in [3.63, 3.8) is 0 Å². The highest BCUT2D eigenvalue weighted by atomic mass is 35.5. The van der Waals surface area contributed by atoms with Gasteiger partial charge in [0.25, 0.3) is 12.3 Å². The Balaban J connectivity index is 2.00. The third kappa shape index (κ3) is 3.40. The maximum Gasteiger partial charge on any atom is 0.280 e. The fraction of sp³-hybridized carbons (Fsp3) is 0.143. The maximum absolute atomic E-state index is 14.3. The topological polar surface area (TPSA) is 84.5 Å². The van der Waals surface area contributed by atoms with Crippen LogP contribution in [0.4, 0.5) is 13.2 Å². The van der Waals surface area contributed by atoms with Crippen LogP contribution in [0, 0.1) is 5.95 Å². The molecule has 0 bridgehead atoms. The van der Waals surface area contributed by atoms with Crippen molar-refractivity contribution in [3.05, 3.63) is 82.6 Å². The van der Waals surface area contributed by atoms with Crippen molar-refractivity contribution >= 4 is 23.5 Å². The molecule has 1 unspecified atom stereocenters. The predicted octanol–water partition coefficient (Wildman–Crippen LogP) is 3.90. The molecule has 3 heterocycles. The van der Waals surface area contributed by atoms with Crippen LogP contribution in [0.1, 0.15) is 23.2 Å². The summed E-state index contributed by atoms with van der Waals surface area (Å²) in [6, 6.07) is 10.1. The van der Waals surface area contributed by atoms with E-state index in [4.69, 9.17) is 17.3 Å². The third-order valence-corrected chi connectivity index (χ3v) is 5.27. The minimum Gasteiger partial charge on any atom is -0.369 e. The number of nitrogens with zero attached hydrogens (tertiary/aromatic N) is 4. The van der Waals surface area contributed by atoms with Gasteiger partial charge < -0.3 is 5.73 Å². The lowest BCUT2D eigenvalue weighted by molar-refractivity contribution is -0.129. The summed E-state index contributed by atoms with van der Waals surface area (Å²) in [7, 11) is 1.42. The maximum atomic E-state index is 14.3. The number of pyridine rings is 2. The molecule has 0 fully saturated rings. The van der Waals surface area contributed by atoms with E-state index in [1.807, 2.05) is 0 Å². The molecule has 1 atom stereocenters. The van der Waals surface area contributed by atoms with Gasteiger partial charge in [-0.1, -0.05) is 11.6 Å². The van der Waals surface area contributed by atoms with E-state index in [9.17, 15) is 18.0 Å². The van der Waals surface area contributed by atoms with Crippen LogP contribution in [0.5, 0.6) is 0 Å². The van der Waals surface area contributed by atoms with Crippen molar-refractivity contribution < 1.29 is 18.0 Å². The van der Waals surface area contributed by atoms with Gasteiger partial charge in [-0.15, -0.1) is 0 Å². The van der Waals surface area contributed by atoms with Crippen molar-refractivity contribution in [2.24, 2.45) is 10.7 Å². The van der Waals surface area contributed by atoms with Gasteiger partial charge in [-0.3, -0.25) is 14.7 Å². The van der Waals surface area contributed by atoms with E-state index in [0.29, 0.717) is 5.56 Å². The van der Waals surface area contributed by atoms with Crippen LogP contribution in [0.2, 0.25) is 5.02 Å². The molecule has 2 N–H and O–H groups in total. The summed E-state index contributed by atoms with van der Waals surface area (Å²) in [5.41, 5.74) is 4.47. The molecule has 1 aliphatic rings. The van der Waals surface area contributed by atoms with Crippen LogP contribution in [-0.2, 0) is 10.3 Å². The van der Waals surface area contributed by atoms with Gasteiger partial charge in [-0.2, -0.15) is 4.39 Å². The number of halogens is 4. The highest BCUT2D eigenvalue weighted by Gasteiger charge is 2.50. The highest BCUT2D eigenvalue weighted by molar-refractivity contribution is 6.31. The van der Waals surface area contributed by atoms with E-state index >= 15 is 0 Å². The standard InChI is InChI=1S/C21H15ClF3N5O/c1-30-19(31)21(29-20(30)26,12-4-6-27-16(10-12)17(23)24)13-7-11(8-14(22)9-13)15-3-2-5-28-18(15)25/h2-10,17H,1H3,(H2,26,29). The average Bonchev–Trinajstić information content (AvgIpc) is 2.98. The van der Waals surface area contributed by atoms with Crippen LogP contribution in [0.3, 0.4) is 0 Å². The van der Waals surface area contributed by atoms with Crippen LogP contribution in [-0.4, -0.2) is 33.8 Å². The van der Waals surface area contributed by atoms with Gasteiger partial charge in [-0.05, 0) is 59.2 Å². The molecule has 0 spiro atoms. The summed E-state index contributed by atoms with van der Waals surface area (Å²) in [4.78, 5) is 26.1. The fourth-order valence-corrected chi connectivity index (χ4v) is 3.77. The van der Waals surface area contributed by atoms with Crippen LogP contribution in [0.15, 0.2) is 59.9 Å². The Bertz CT molecular complexity index is 1220. The summed E-state index contributed by atoms with van der Waals surface area (Å²) in [5.74, 6) is -1.41. The number of hydrogen-bond acceptors (Lipinski definition) is 5. The van der Waals surface area contributed by atoms with E-state index in [0.717, 1.165) is 11.0 Å². The van der Waals surface area contributed by atoms with E-state index in [2.05, 4.69) is 15.0 Å². The molecule has 10 heteroatoms. The lowest BCUT2D eigenvalue weighted by Crippen LogP contribution is -2.41. The summed E-state index contributed by atoms with van der Waals surface area (Å²) in [5, 5.41) is 0.189. The number of aliphatic imine (C=N–C) groups is 1. The summed E-state index contributed by atoms with van der Waals surface area (Å²) >= 11 is 6.30. The molecule has 4 rings (SSSR count). The molecule has 3 aromatic rings. The Hall–Kier alpha value is -3.46. The van der Waals surface area contributed by atoms with Crippen LogP contribution in [0.25, 0.3) is 11.1 Å². The van der Waals surface area contributed by atoms with E-state index in [1.165, 1.54) is 49.8 Å². The zero-order chi connectivity index (χ0) is 22.3. The molecule has 158 valence electrons. The molecular weight excluding hydrogens is 431 g/mol. The quantitative estimate of drug-likeness (QED) is 0.617. The number of benzene rings is 1. The summed E-state index contributed by atoms with van der Waals surface area (Å²) in [6.45, 7) is 0. The summed E-state index contributed by atoms with van der Waals surface area (Å²) in [6.07, 6.45) is -0.385. The number of guanidine groups is 1. The van der Waals surface area contributed by atoms with Gasteiger partial charge in [0.05, 0.1) is 0 Å². The van der Waals surface area contributed by atoms with Crippen LogP contribution >= 0.6 is 11.6 Å². The summed E-state index contributed by atoms with van der Waals surface area (Å²) < 4.78 is 40.9. The van der Waals surface area contributed by atoms with Crippen LogP contribution < -0.4 is 5.73 Å². The number of rotatable bonds is 4. The SMILES string of the molecule is CN1C(=O)C(c2cc(Cl)cc(-c3cccnc3F)c2)(c2ccnc(C(F)F)c2)N=C1N. The van der Waals surface area contributed by atoms with E-state index < -0.39 is 29.5 Å². The lowest BCUT2D eigenvalue weighted by Gasteiger charge is -2.27. The van der Waals surface area contributed by atoms with Gasteiger partial charge in [-0.25, -0.2) is 18.8 Å². The molecule has 0 saturated carbocycles. The molecule has 1 amide bonds. The molecule has 6 nitrogen and oxygen atoms in total. The number of aromatic nitrogens is 2. The first-order valence-corrected chi connectivity index (χ1v) is 9.42. The van der Waals surface area contributed by atoms with Gasteiger partial charge in [0.1, 0.15) is 5.69 Å². The highest BCUT2D eigenvalue weighted by Crippen LogP contribution is 2.42. The van der Waals surface area contributed by atoms with Gasteiger partial charge in [0, 0.05) is 30.0 Å². The zero-order valence-electron chi connectivity index (χ0n) is 16.1. The number of carbonyl (C=O) groups is 1. The first-order valence-electron chi connectivity index (χ1n) is 9.04. The van der Waals surface area contributed by atoms with E-state index in [-0.39, 0.29) is 27.7 Å². The third-order valence-electron chi connectivity index (χ3n) is 5.05. The monoisotopic (exact) mass is 445 g/mol. The number of amides is 1. The minimum atomic E-state index is -2.85. The number of alkyl halides is 2. The van der Waals surface area contributed by atoms with Crippen molar-refractivity contribution in [1.29, 1.82) is 0 Å². The molecular formula is C21H15ClF3N5O.